The molecule has 0 saturated carbocycles. The van der Waals surface area contributed by atoms with Crippen molar-refractivity contribution < 1.29 is 17.6 Å². The number of hydrogen-bond acceptors (Lipinski definition) is 2. The van der Waals surface area contributed by atoms with Crippen LogP contribution in [0.1, 0.15) is 29.7 Å². The third-order valence-electron chi connectivity index (χ3n) is 2.94. The van der Waals surface area contributed by atoms with E-state index in [-0.39, 0.29) is 6.04 Å². The van der Waals surface area contributed by atoms with Crippen LogP contribution in [-0.4, -0.2) is 6.54 Å². The van der Waals surface area contributed by atoms with Gasteiger partial charge >= 0.3 is 6.18 Å². The summed E-state index contributed by atoms with van der Waals surface area (Å²) in [6, 6.07) is 6.72. The van der Waals surface area contributed by atoms with Gasteiger partial charge in [0.2, 0.25) is 0 Å². The Morgan fingerprint density at radius 3 is 2.30 bits per heavy atom. The monoisotopic (exact) mass is 347 g/mol. The van der Waals surface area contributed by atoms with E-state index in [1.807, 2.05) is 6.92 Å². The second-order valence-corrected chi connectivity index (χ2v) is 4.98. The first-order valence-electron chi connectivity index (χ1n) is 6.07. The van der Waals surface area contributed by atoms with Crippen molar-refractivity contribution in [3.05, 3.63) is 58.0 Å². The highest BCUT2D eigenvalue weighted by atomic mass is 79.9. The van der Waals surface area contributed by atoms with E-state index in [4.69, 9.17) is 4.42 Å². The molecule has 1 unspecified atom stereocenters. The van der Waals surface area contributed by atoms with E-state index in [1.54, 1.807) is 6.07 Å². The first-order valence-corrected chi connectivity index (χ1v) is 6.86. The van der Waals surface area contributed by atoms with Crippen molar-refractivity contribution in [1.29, 1.82) is 0 Å². The van der Waals surface area contributed by atoms with Gasteiger partial charge in [-0.05, 0) is 46.2 Å². The molecule has 1 atom stereocenters. The number of halogens is 4. The smallest absolute Gasteiger partial charge is 0.416 e. The van der Waals surface area contributed by atoms with Crippen molar-refractivity contribution in [2.24, 2.45) is 0 Å². The molecule has 0 amide bonds. The normalized spacial score (nSPS) is 13.4. The molecular formula is C14H13BrF3NO. The van der Waals surface area contributed by atoms with Crippen LogP contribution in [0.4, 0.5) is 13.2 Å². The van der Waals surface area contributed by atoms with E-state index in [2.05, 4.69) is 21.2 Å². The number of benzene rings is 1. The fourth-order valence-corrected chi connectivity index (χ4v) is 2.46. The van der Waals surface area contributed by atoms with Crippen LogP contribution in [0.25, 0.3) is 0 Å². The fourth-order valence-electron chi connectivity index (χ4n) is 1.99. The summed E-state index contributed by atoms with van der Waals surface area (Å²) >= 11 is 3.29. The Hall–Kier alpha value is -1.27. The predicted molar refractivity (Wildman–Crippen MR) is 73.4 cm³/mol. The molecule has 0 radical (unpaired) electrons. The number of nitrogens with one attached hydrogen (secondary N) is 1. The van der Waals surface area contributed by atoms with Gasteiger partial charge in [0, 0.05) is 5.56 Å². The zero-order chi connectivity index (χ0) is 14.8. The Kier molecular flexibility index (Phi) is 4.55. The Morgan fingerprint density at radius 2 is 1.85 bits per heavy atom. The van der Waals surface area contributed by atoms with Crippen molar-refractivity contribution in [3.63, 3.8) is 0 Å². The molecule has 2 aromatic rings. The average molecular weight is 348 g/mol. The second kappa shape index (κ2) is 6.01. The molecule has 0 fully saturated rings. The number of rotatable bonds is 4. The third kappa shape index (κ3) is 3.24. The van der Waals surface area contributed by atoms with Crippen molar-refractivity contribution in [1.82, 2.24) is 5.32 Å². The molecule has 0 saturated heterocycles. The molecule has 2 rings (SSSR count). The molecule has 6 heteroatoms. The van der Waals surface area contributed by atoms with Crippen molar-refractivity contribution >= 4 is 15.9 Å². The van der Waals surface area contributed by atoms with Crippen LogP contribution in [0, 0.1) is 0 Å². The summed E-state index contributed by atoms with van der Waals surface area (Å²) < 4.78 is 43.5. The maximum absolute atomic E-state index is 12.6. The maximum Gasteiger partial charge on any atom is 0.416 e. The van der Waals surface area contributed by atoms with Crippen molar-refractivity contribution in [2.45, 2.75) is 19.1 Å². The van der Waals surface area contributed by atoms with Crippen LogP contribution < -0.4 is 5.32 Å². The molecule has 20 heavy (non-hydrogen) atoms. The van der Waals surface area contributed by atoms with Crippen LogP contribution in [0.15, 0.2) is 45.7 Å². The van der Waals surface area contributed by atoms with Crippen LogP contribution in [0.5, 0.6) is 0 Å². The quantitative estimate of drug-likeness (QED) is 0.862. The van der Waals surface area contributed by atoms with Gasteiger partial charge in [0.1, 0.15) is 0 Å². The summed E-state index contributed by atoms with van der Waals surface area (Å²) in [5.41, 5.74) is 0.955. The second-order valence-electron chi connectivity index (χ2n) is 4.26. The van der Waals surface area contributed by atoms with Crippen LogP contribution in [0.2, 0.25) is 0 Å². The summed E-state index contributed by atoms with van der Waals surface area (Å²) in [5.74, 6) is 0. The van der Waals surface area contributed by atoms with Gasteiger partial charge in [-0.3, -0.25) is 0 Å². The van der Waals surface area contributed by atoms with Gasteiger partial charge in [-0.25, -0.2) is 0 Å². The number of alkyl halides is 3. The molecule has 1 aromatic heterocycles. The highest BCUT2D eigenvalue weighted by Crippen LogP contribution is 2.33. The van der Waals surface area contributed by atoms with Gasteiger partial charge < -0.3 is 9.73 Å². The van der Waals surface area contributed by atoms with E-state index in [1.165, 1.54) is 18.4 Å². The molecule has 108 valence electrons. The molecule has 0 aliphatic carbocycles. The minimum atomic E-state index is -4.32. The fraction of sp³-hybridized carbons (Fsp3) is 0.286. The largest absolute Gasteiger partial charge is 0.457 e. The molecule has 1 N–H and O–H groups in total. The first kappa shape index (κ1) is 15.1. The topological polar surface area (TPSA) is 25.2 Å². The maximum atomic E-state index is 12.6. The van der Waals surface area contributed by atoms with E-state index in [9.17, 15) is 13.2 Å². The Balaban J connectivity index is 2.33. The third-order valence-corrected chi connectivity index (χ3v) is 3.58. The molecule has 0 bridgehead atoms. The summed E-state index contributed by atoms with van der Waals surface area (Å²) in [7, 11) is 0. The van der Waals surface area contributed by atoms with Crippen LogP contribution in [0.3, 0.4) is 0 Å². The van der Waals surface area contributed by atoms with Crippen LogP contribution >= 0.6 is 15.9 Å². The minimum absolute atomic E-state index is 0.213. The molecule has 0 spiro atoms. The van der Waals surface area contributed by atoms with E-state index in [0.29, 0.717) is 11.2 Å². The SMILES string of the molecule is CCNC(c1ccc(C(F)(F)F)cc1)c1ccoc1Br. The van der Waals surface area contributed by atoms with Crippen molar-refractivity contribution in [2.75, 3.05) is 6.54 Å². The molecule has 1 heterocycles. The number of furan rings is 1. The Morgan fingerprint density at radius 1 is 1.20 bits per heavy atom. The first-order chi connectivity index (χ1) is 9.43. The van der Waals surface area contributed by atoms with Gasteiger partial charge in [0.05, 0.1) is 17.9 Å². The lowest BCUT2D eigenvalue weighted by Crippen LogP contribution is -2.22. The lowest BCUT2D eigenvalue weighted by molar-refractivity contribution is -0.137. The van der Waals surface area contributed by atoms with E-state index in [0.717, 1.165) is 23.3 Å². The Labute approximate surface area is 123 Å². The highest BCUT2D eigenvalue weighted by Gasteiger charge is 2.30. The average Bonchev–Trinajstić information content (AvgIpc) is 2.81. The zero-order valence-corrected chi connectivity index (χ0v) is 12.3. The number of hydrogen-bond donors (Lipinski definition) is 1. The predicted octanol–water partition coefficient (Wildman–Crippen LogP) is 4.76. The van der Waals surface area contributed by atoms with Gasteiger partial charge in [0.15, 0.2) is 4.67 Å². The standard InChI is InChI=1S/C14H13BrF3NO/c1-2-19-12(11-7-8-20-13(11)15)9-3-5-10(6-4-9)14(16,17)18/h3-8,12,19H,2H2,1H3. The van der Waals surface area contributed by atoms with Crippen molar-refractivity contribution in [3.8, 4) is 0 Å². The molecular weight excluding hydrogens is 335 g/mol. The molecule has 0 aliphatic rings. The van der Waals surface area contributed by atoms with E-state index < -0.39 is 11.7 Å². The lowest BCUT2D eigenvalue weighted by Gasteiger charge is -2.18. The minimum Gasteiger partial charge on any atom is -0.457 e. The van der Waals surface area contributed by atoms with Gasteiger partial charge in [-0.1, -0.05) is 19.1 Å². The van der Waals surface area contributed by atoms with Gasteiger partial charge in [-0.15, -0.1) is 0 Å². The molecule has 0 aliphatic heterocycles. The van der Waals surface area contributed by atoms with E-state index >= 15 is 0 Å². The molecule has 1 aromatic carbocycles. The summed E-state index contributed by atoms with van der Waals surface area (Å²) in [5, 5.41) is 3.23. The molecule has 2 nitrogen and oxygen atoms in total. The van der Waals surface area contributed by atoms with Crippen LogP contribution in [-0.2, 0) is 6.18 Å². The van der Waals surface area contributed by atoms with Gasteiger partial charge in [0.25, 0.3) is 0 Å². The summed E-state index contributed by atoms with van der Waals surface area (Å²) in [6.45, 7) is 2.62. The Bertz CT molecular complexity index is 563. The summed E-state index contributed by atoms with van der Waals surface area (Å²) in [4.78, 5) is 0. The lowest BCUT2D eigenvalue weighted by atomic mass is 10.00. The highest BCUT2D eigenvalue weighted by molar-refractivity contribution is 9.10. The zero-order valence-electron chi connectivity index (χ0n) is 10.7. The van der Waals surface area contributed by atoms with Gasteiger partial charge in [-0.2, -0.15) is 13.2 Å². The summed E-state index contributed by atoms with van der Waals surface area (Å²) in [6.07, 6.45) is -2.78.